The Balaban J connectivity index is 1.44. The Morgan fingerprint density at radius 3 is 2.25 bits per heavy atom. The van der Waals surface area contributed by atoms with Gasteiger partial charge in [0, 0.05) is 11.4 Å². The lowest BCUT2D eigenvalue weighted by molar-refractivity contribution is 0.0975. The van der Waals surface area contributed by atoms with Gasteiger partial charge in [0.05, 0.1) is 5.56 Å². The van der Waals surface area contributed by atoms with Crippen molar-refractivity contribution in [2.75, 3.05) is 10.2 Å². The lowest BCUT2D eigenvalue weighted by atomic mass is 10.0. The average Bonchev–Trinajstić information content (AvgIpc) is 2.84. The fraction of sp³-hybridized carbons (Fsp3) is 0.107. The number of para-hydroxylation sites is 1. The average molecular weight is 421 g/mol. The molecule has 4 nitrogen and oxygen atoms in total. The standard InChI is InChI=1S/C28H24N2O2/c1-20-11-15-23(16-12-20)30-27(29-26-10-6-5-9-25(26)28(30)31)22-13-17-24(18-14-22)32-19-21-7-3-2-4-8-21/h2-18,27,29H,19H2,1H3. The minimum Gasteiger partial charge on any atom is -0.489 e. The number of hydrogen-bond donors (Lipinski definition) is 1. The molecule has 0 spiro atoms. The second-order valence-corrected chi connectivity index (χ2v) is 7.95. The molecule has 1 aliphatic heterocycles. The highest BCUT2D eigenvalue weighted by Crippen LogP contribution is 2.37. The normalized spacial score (nSPS) is 15.1. The molecule has 1 unspecified atom stereocenters. The molecule has 1 aliphatic rings. The van der Waals surface area contributed by atoms with E-state index >= 15 is 0 Å². The van der Waals surface area contributed by atoms with Crippen molar-refractivity contribution in [3.8, 4) is 5.75 Å². The third kappa shape index (κ3) is 3.95. The highest BCUT2D eigenvalue weighted by Gasteiger charge is 2.33. The first-order valence-electron chi connectivity index (χ1n) is 10.7. The lowest BCUT2D eigenvalue weighted by Crippen LogP contribution is -2.43. The van der Waals surface area contributed by atoms with Gasteiger partial charge in [0.2, 0.25) is 0 Å². The zero-order valence-electron chi connectivity index (χ0n) is 17.9. The highest BCUT2D eigenvalue weighted by molar-refractivity contribution is 6.12. The van der Waals surface area contributed by atoms with Gasteiger partial charge in [0.1, 0.15) is 18.5 Å². The smallest absolute Gasteiger partial charge is 0.262 e. The van der Waals surface area contributed by atoms with Crippen molar-refractivity contribution in [3.05, 3.63) is 125 Å². The van der Waals surface area contributed by atoms with Crippen LogP contribution in [0.15, 0.2) is 103 Å². The molecule has 1 atom stereocenters. The Morgan fingerprint density at radius 1 is 0.812 bits per heavy atom. The van der Waals surface area contributed by atoms with E-state index in [4.69, 9.17) is 4.74 Å². The third-order valence-corrected chi connectivity index (χ3v) is 5.68. The number of amides is 1. The Labute approximate surface area is 188 Å². The SMILES string of the molecule is Cc1ccc(N2C(=O)c3ccccc3NC2c2ccc(OCc3ccccc3)cc2)cc1. The van der Waals surface area contributed by atoms with Crippen molar-refractivity contribution < 1.29 is 9.53 Å². The molecule has 1 amide bonds. The maximum atomic E-state index is 13.5. The van der Waals surface area contributed by atoms with Crippen LogP contribution >= 0.6 is 0 Å². The highest BCUT2D eigenvalue weighted by atomic mass is 16.5. The molecular formula is C28H24N2O2. The zero-order valence-corrected chi connectivity index (χ0v) is 17.9. The number of ether oxygens (including phenoxy) is 1. The van der Waals surface area contributed by atoms with Crippen LogP contribution in [0, 0.1) is 6.92 Å². The fourth-order valence-corrected chi connectivity index (χ4v) is 3.95. The van der Waals surface area contributed by atoms with Crippen LogP contribution in [0.3, 0.4) is 0 Å². The number of carbonyl (C=O) groups excluding carboxylic acids is 1. The first-order chi connectivity index (χ1) is 15.7. The van der Waals surface area contributed by atoms with Gasteiger partial charge in [-0.15, -0.1) is 0 Å². The molecule has 0 aliphatic carbocycles. The van der Waals surface area contributed by atoms with E-state index in [1.54, 1.807) is 0 Å². The van der Waals surface area contributed by atoms with Gasteiger partial charge in [-0.25, -0.2) is 0 Å². The molecule has 0 radical (unpaired) electrons. The van der Waals surface area contributed by atoms with E-state index in [1.165, 1.54) is 0 Å². The Bertz CT molecular complexity index is 1220. The van der Waals surface area contributed by atoms with Gasteiger partial charge in [0.15, 0.2) is 0 Å². The number of nitrogens with one attached hydrogen (secondary N) is 1. The molecule has 32 heavy (non-hydrogen) atoms. The third-order valence-electron chi connectivity index (χ3n) is 5.68. The largest absolute Gasteiger partial charge is 0.489 e. The van der Waals surface area contributed by atoms with Crippen molar-refractivity contribution in [2.24, 2.45) is 0 Å². The van der Waals surface area contributed by atoms with Crippen LogP contribution in [0.5, 0.6) is 5.75 Å². The predicted molar refractivity (Wildman–Crippen MR) is 128 cm³/mol. The predicted octanol–water partition coefficient (Wildman–Crippen LogP) is 6.35. The number of aryl methyl sites for hydroxylation is 1. The molecule has 1 heterocycles. The maximum Gasteiger partial charge on any atom is 0.262 e. The summed E-state index contributed by atoms with van der Waals surface area (Å²) in [5, 5.41) is 3.55. The summed E-state index contributed by atoms with van der Waals surface area (Å²) in [7, 11) is 0. The molecular weight excluding hydrogens is 396 g/mol. The lowest BCUT2D eigenvalue weighted by Gasteiger charge is -2.38. The molecule has 4 aromatic carbocycles. The molecule has 0 aromatic heterocycles. The van der Waals surface area contributed by atoms with E-state index in [0.717, 1.165) is 33.8 Å². The van der Waals surface area contributed by atoms with Crippen molar-refractivity contribution in [1.29, 1.82) is 0 Å². The van der Waals surface area contributed by atoms with Gasteiger partial charge in [-0.1, -0.05) is 72.3 Å². The second kappa shape index (κ2) is 8.60. The number of hydrogen-bond acceptors (Lipinski definition) is 3. The quantitative estimate of drug-likeness (QED) is 0.409. The van der Waals surface area contributed by atoms with Crippen LogP contribution in [-0.2, 0) is 6.61 Å². The monoisotopic (exact) mass is 420 g/mol. The minimum atomic E-state index is -0.316. The van der Waals surface area contributed by atoms with E-state index in [1.807, 2.05) is 115 Å². The van der Waals surface area contributed by atoms with Crippen molar-refractivity contribution in [3.63, 3.8) is 0 Å². The van der Waals surface area contributed by atoms with E-state index < -0.39 is 0 Å². The summed E-state index contributed by atoms with van der Waals surface area (Å²) in [5.41, 5.74) is 5.64. The Morgan fingerprint density at radius 2 is 1.50 bits per heavy atom. The fourth-order valence-electron chi connectivity index (χ4n) is 3.95. The number of benzene rings is 4. The molecule has 0 saturated heterocycles. The number of nitrogens with zero attached hydrogens (tertiary/aromatic N) is 1. The van der Waals surface area contributed by atoms with Crippen molar-refractivity contribution in [1.82, 2.24) is 0 Å². The second-order valence-electron chi connectivity index (χ2n) is 7.95. The number of anilines is 2. The summed E-state index contributed by atoms with van der Waals surface area (Å²) in [6, 6.07) is 33.7. The topological polar surface area (TPSA) is 41.6 Å². The molecule has 0 fully saturated rings. The van der Waals surface area contributed by atoms with E-state index in [2.05, 4.69) is 5.32 Å². The van der Waals surface area contributed by atoms with Crippen molar-refractivity contribution in [2.45, 2.75) is 19.7 Å². The molecule has 5 rings (SSSR count). The van der Waals surface area contributed by atoms with E-state index in [0.29, 0.717) is 12.2 Å². The summed E-state index contributed by atoms with van der Waals surface area (Å²) in [6.45, 7) is 2.56. The molecule has 0 saturated carbocycles. The van der Waals surface area contributed by atoms with Crippen molar-refractivity contribution >= 4 is 17.3 Å². The first-order valence-corrected chi connectivity index (χ1v) is 10.7. The van der Waals surface area contributed by atoms with Gasteiger partial charge in [0.25, 0.3) is 5.91 Å². The number of carbonyl (C=O) groups is 1. The molecule has 1 N–H and O–H groups in total. The molecule has 158 valence electrons. The van der Waals surface area contributed by atoms with Crippen LogP contribution in [0.2, 0.25) is 0 Å². The zero-order chi connectivity index (χ0) is 21.9. The van der Waals surface area contributed by atoms with Gasteiger partial charge in [-0.2, -0.15) is 0 Å². The Kier molecular flexibility index (Phi) is 5.34. The Hall–Kier alpha value is -4.05. The summed E-state index contributed by atoms with van der Waals surface area (Å²) < 4.78 is 5.94. The van der Waals surface area contributed by atoms with Gasteiger partial charge in [-0.3, -0.25) is 9.69 Å². The van der Waals surface area contributed by atoms with E-state index in [9.17, 15) is 4.79 Å². The summed E-state index contributed by atoms with van der Waals surface area (Å²) in [4.78, 5) is 15.3. The van der Waals surface area contributed by atoms with Crippen LogP contribution in [0.25, 0.3) is 0 Å². The van der Waals surface area contributed by atoms with Gasteiger partial charge >= 0.3 is 0 Å². The van der Waals surface area contributed by atoms with E-state index in [-0.39, 0.29) is 12.1 Å². The van der Waals surface area contributed by atoms with Crippen LogP contribution in [0.1, 0.15) is 33.2 Å². The summed E-state index contributed by atoms with van der Waals surface area (Å²) in [6.07, 6.45) is -0.316. The molecule has 4 aromatic rings. The van der Waals surface area contributed by atoms with Crippen LogP contribution < -0.4 is 15.0 Å². The van der Waals surface area contributed by atoms with Gasteiger partial charge < -0.3 is 10.1 Å². The van der Waals surface area contributed by atoms with Crippen LogP contribution in [0.4, 0.5) is 11.4 Å². The molecule has 0 bridgehead atoms. The summed E-state index contributed by atoms with van der Waals surface area (Å²) in [5.74, 6) is 0.777. The number of fused-ring (bicyclic) bond motifs is 1. The van der Waals surface area contributed by atoms with Crippen LogP contribution in [-0.4, -0.2) is 5.91 Å². The summed E-state index contributed by atoms with van der Waals surface area (Å²) >= 11 is 0. The molecule has 4 heteroatoms. The maximum absolute atomic E-state index is 13.5. The number of rotatable bonds is 5. The minimum absolute atomic E-state index is 0.0161. The van der Waals surface area contributed by atoms with Gasteiger partial charge in [-0.05, 0) is 54.4 Å². The first kappa shape index (κ1) is 19.9.